The number of hydrogen-bond acceptors (Lipinski definition) is 7. The standard InChI is InChI=1S/C32H41N3O5/c1-23-27(28-11-6-13-31(24(28)2)40-20-8-17-35-18-14-26(36)22-35)10-5-12-30(23)39-19-7-16-34-29(32(37)38)21-25-9-3-4-15-33-25/h3-6,9-13,15,26,29,34,36H,7-8,14,16-22H2,1-2H3,(H,37,38)/t26-,29+/m1/s1. The van der Waals surface area contributed by atoms with Crippen molar-refractivity contribution in [2.45, 2.75) is 51.7 Å². The fraction of sp³-hybridized carbons (Fsp3) is 0.438. The van der Waals surface area contributed by atoms with Gasteiger partial charge in [0.2, 0.25) is 0 Å². The van der Waals surface area contributed by atoms with Crippen molar-refractivity contribution in [3.05, 3.63) is 77.6 Å². The lowest BCUT2D eigenvalue weighted by Gasteiger charge is -2.18. The van der Waals surface area contributed by atoms with Crippen molar-refractivity contribution < 1.29 is 24.5 Å². The molecule has 1 aromatic heterocycles. The molecule has 4 rings (SSSR count). The van der Waals surface area contributed by atoms with E-state index in [-0.39, 0.29) is 6.10 Å². The first-order chi connectivity index (χ1) is 19.4. The molecule has 2 aromatic carbocycles. The summed E-state index contributed by atoms with van der Waals surface area (Å²) >= 11 is 0. The molecule has 3 aromatic rings. The third-order valence-corrected chi connectivity index (χ3v) is 7.39. The average molecular weight is 548 g/mol. The Morgan fingerprint density at radius 2 is 1.68 bits per heavy atom. The van der Waals surface area contributed by atoms with Gasteiger partial charge in [-0.05, 0) is 86.2 Å². The smallest absolute Gasteiger partial charge is 0.321 e. The number of aromatic nitrogens is 1. The van der Waals surface area contributed by atoms with Crippen LogP contribution in [-0.2, 0) is 11.2 Å². The van der Waals surface area contributed by atoms with Gasteiger partial charge in [-0.1, -0.05) is 30.3 Å². The molecule has 1 aliphatic heterocycles. The van der Waals surface area contributed by atoms with Gasteiger partial charge in [0.05, 0.1) is 19.3 Å². The number of rotatable bonds is 15. The lowest BCUT2D eigenvalue weighted by molar-refractivity contribution is -0.139. The number of aliphatic carboxylic acids is 1. The number of aliphatic hydroxyl groups excluding tert-OH is 1. The summed E-state index contributed by atoms with van der Waals surface area (Å²) in [7, 11) is 0. The van der Waals surface area contributed by atoms with E-state index in [4.69, 9.17) is 9.47 Å². The molecule has 1 saturated heterocycles. The maximum atomic E-state index is 11.7. The molecule has 0 bridgehead atoms. The molecule has 0 radical (unpaired) electrons. The molecule has 0 aliphatic carbocycles. The lowest BCUT2D eigenvalue weighted by Crippen LogP contribution is -2.39. The quantitative estimate of drug-likeness (QED) is 0.243. The van der Waals surface area contributed by atoms with Gasteiger partial charge in [0.25, 0.3) is 0 Å². The van der Waals surface area contributed by atoms with E-state index in [1.165, 1.54) is 0 Å². The average Bonchev–Trinajstić information content (AvgIpc) is 3.37. The second-order valence-corrected chi connectivity index (χ2v) is 10.4. The zero-order valence-electron chi connectivity index (χ0n) is 23.5. The Hall–Kier alpha value is -3.46. The molecule has 1 aliphatic rings. The SMILES string of the molecule is Cc1c(OCCCN[C@@H](Cc2ccccn2)C(=O)O)cccc1-c1cccc(OCCCN2CC[C@@H](O)C2)c1C. The number of carboxylic acids is 1. The molecule has 0 spiro atoms. The summed E-state index contributed by atoms with van der Waals surface area (Å²) in [5.41, 5.74) is 5.12. The number of aliphatic hydroxyl groups is 1. The van der Waals surface area contributed by atoms with E-state index < -0.39 is 12.0 Å². The number of β-amino-alcohol motifs (C(OH)–C–C–N with tert-alkyl or cyclic N) is 1. The number of nitrogens with one attached hydrogen (secondary N) is 1. The monoisotopic (exact) mass is 547 g/mol. The minimum Gasteiger partial charge on any atom is -0.493 e. The molecular formula is C32H41N3O5. The van der Waals surface area contributed by atoms with Gasteiger partial charge in [-0.2, -0.15) is 0 Å². The van der Waals surface area contributed by atoms with Crippen LogP contribution >= 0.6 is 0 Å². The van der Waals surface area contributed by atoms with Crippen LogP contribution in [0.1, 0.15) is 36.1 Å². The van der Waals surface area contributed by atoms with Gasteiger partial charge in [-0.25, -0.2) is 0 Å². The van der Waals surface area contributed by atoms with Crippen molar-refractivity contribution in [1.29, 1.82) is 0 Å². The van der Waals surface area contributed by atoms with Crippen LogP contribution in [0, 0.1) is 13.8 Å². The third-order valence-electron chi connectivity index (χ3n) is 7.39. The molecule has 2 heterocycles. The second-order valence-electron chi connectivity index (χ2n) is 10.4. The van der Waals surface area contributed by atoms with E-state index in [0.717, 1.165) is 71.9 Å². The molecule has 0 unspecified atom stereocenters. The van der Waals surface area contributed by atoms with Crippen molar-refractivity contribution in [1.82, 2.24) is 15.2 Å². The molecule has 0 amide bonds. The van der Waals surface area contributed by atoms with Gasteiger partial charge in [0, 0.05) is 37.9 Å². The van der Waals surface area contributed by atoms with Gasteiger partial charge in [0.1, 0.15) is 17.5 Å². The highest BCUT2D eigenvalue weighted by molar-refractivity contribution is 5.74. The lowest BCUT2D eigenvalue weighted by atomic mass is 9.95. The highest BCUT2D eigenvalue weighted by atomic mass is 16.5. The molecular weight excluding hydrogens is 506 g/mol. The van der Waals surface area contributed by atoms with Crippen molar-refractivity contribution in [3.63, 3.8) is 0 Å². The van der Waals surface area contributed by atoms with Gasteiger partial charge in [-0.15, -0.1) is 0 Å². The van der Waals surface area contributed by atoms with E-state index in [1.807, 2.05) is 42.5 Å². The number of ether oxygens (including phenoxy) is 2. The normalized spacial score (nSPS) is 16.1. The Balaban J connectivity index is 1.28. The molecule has 8 nitrogen and oxygen atoms in total. The fourth-order valence-corrected chi connectivity index (χ4v) is 5.12. The Morgan fingerprint density at radius 3 is 2.25 bits per heavy atom. The van der Waals surface area contributed by atoms with Crippen molar-refractivity contribution in [2.75, 3.05) is 39.4 Å². The van der Waals surface area contributed by atoms with Crippen LogP contribution in [0.3, 0.4) is 0 Å². The predicted molar refractivity (Wildman–Crippen MR) is 156 cm³/mol. The number of hydrogen-bond donors (Lipinski definition) is 3. The molecule has 214 valence electrons. The zero-order chi connectivity index (χ0) is 28.3. The van der Waals surface area contributed by atoms with Gasteiger partial charge in [-0.3, -0.25) is 9.78 Å². The van der Waals surface area contributed by atoms with Crippen LogP contribution in [-0.4, -0.2) is 77.6 Å². The topological polar surface area (TPSA) is 104 Å². The van der Waals surface area contributed by atoms with E-state index >= 15 is 0 Å². The highest BCUT2D eigenvalue weighted by Crippen LogP contribution is 2.35. The van der Waals surface area contributed by atoms with Crippen molar-refractivity contribution >= 4 is 5.97 Å². The van der Waals surface area contributed by atoms with Crippen LogP contribution < -0.4 is 14.8 Å². The number of benzene rings is 2. The Bertz CT molecular complexity index is 1240. The van der Waals surface area contributed by atoms with E-state index in [2.05, 4.69) is 41.2 Å². The maximum Gasteiger partial charge on any atom is 0.321 e. The molecule has 1 fully saturated rings. The Morgan fingerprint density at radius 1 is 1.00 bits per heavy atom. The number of carbonyl (C=O) groups is 1. The van der Waals surface area contributed by atoms with Gasteiger partial charge < -0.3 is 29.9 Å². The van der Waals surface area contributed by atoms with Crippen LogP contribution in [0.15, 0.2) is 60.8 Å². The summed E-state index contributed by atoms with van der Waals surface area (Å²) in [5, 5.41) is 22.4. The van der Waals surface area contributed by atoms with Gasteiger partial charge >= 0.3 is 5.97 Å². The van der Waals surface area contributed by atoms with Crippen LogP contribution in [0.5, 0.6) is 11.5 Å². The van der Waals surface area contributed by atoms with Crippen LogP contribution in [0.25, 0.3) is 11.1 Å². The zero-order valence-corrected chi connectivity index (χ0v) is 23.5. The number of nitrogens with zero attached hydrogens (tertiary/aromatic N) is 2. The summed E-state index contributed by atoms with van der Waals surface area (Å²) < 4.78 is 12.3. The molecule has 2 atom stereocenters. The maximum absolute atomic E-state index is 11.7. The first-order valence-electron chi connectivity index (χ1n) is 14.1. The minimum absolute atomic E-state index is 0.188. The number of pyridine rings is 1. The second kappa shape index (κ2) is 14.8. The molecule has 40 heavy (non-hydrogen) atoms. The summed E-state index contributed by atoms with van der Waals surface area (Å²) in [5.74, 6) is 0.817. The first-order valence-corrected chi connectivity index (χ1v) is 14.1. The van der Waals surface area contributed by atoms with Gasteiger partial charge in [0.15, 0.2) is 0 Å². The van der Waals surface area contributed by atoms with E-state index in [1.54, 1.807) is 6.20 Å². The predicted octanol–water partition coefficient (Wildman–Crippen LogP) is 4.26. The summed E-state index contributed by atoms with van der Waals surface area (Å²) in [6.07, 6.45) is 4.28. The van der Waals surface area contributed by atoms with Crippen LogP contribution in [0.2, 0.25) is 0 Å². The Kier molecular flexibility index (Phi) is 10.9. The summed E-state index contributed by atoms with van der Waals surface area (Å²) in [6.45, 7) is 8.44. The van der Waals surface area contributed by atoms with Crippen molar-refractivity contribution in [3.8, 4) is 22.6 Å². The summed E-state index contributed by atoms with van der Waals surface area (Å²) in [6, 6.07) is 17.0. The summed E-state index contributed by atoms with van der Waals surface area (Å²) in [4.78, 5) is 18.2. The Labute approximate surface area is 237 Å². The number of likely N-dealkylation sites (tertiary alicyclic amines) is 1. The van der Waals surface area contributed by atoms with E-state index in [0.29, 0.717) is 32.6 Å². The van der Waals surface area contributed by atoms with Crippen LogP contribution in [0.4, 0.5) is 0 Å². The molecule has 3 N–H and O–H groups in total. The largest absolute Gasteiger partial charge is 0.493 e. The minimum atomic E-state index is -0.886. The highest BCUT2D eigenvalue weighted by Gasteiger charge is 2.20. The first kappa shape index (κ1) is 29.5. The molecule has 8 heteroatoms. The molecule has 0 saturated carbocycles. The fourth-order valence-electron chi connectivity index (χ4n) is 5.12. The van der Waals surface area contributed by atoms with E-state index in [9.17, 15) is 15.0 Å². The third kappa shape index (κ3) is 8.27. The van der Waals surface area contributed by atoms with Crippen molar-refractivity contribution in [2.24, 2.45) is 0 Å². The number of carboxylic acid groups (broad SMARTS) is 1.